The van der Waals surface area contributed by atoms with Crippen LogP contribution < -0.4 is 24.4 Å². The first-order valence-electron chi connectivity index (χ1n) is 11.0. The van der Waals surface area contributed by atoms with Crippen molar-refractivity contribution in [3.05, 3.63) is 76.9 Å². The van der Waals surface area contributed by atoms with Crippen molar-refractivity contribution in [2.75, 3.05) is 21.3 Å². The van der Waals surface area contributed by atoms with E-state index in [1.165, 1.54) is 37.1 Å². The Hall–Kier alpha value is -4.20. The maximum absolute atomic E-state index is 12.4. The van der Waals surface area contributed by atoms with Crippen LogP contribution in [0.3, 0.4) is 0 Å². The molecule has 2 N–H and O–H groups in total. The predicted octanol–water partition coefficient (Wildman–Crippen LogP) is 4.88. The van der Waals surface area contributed by atoms with Crippen molar-refractivity contribution < 1.29 is 28.8 Å². The molecule has 0 radical (unpaired) electrons. The zero-order valence-electron chi connectivity index (χ0n) is 20.5. The maximum Gasteiger partial charge on any atom is 0.271 e. The number of benzene rings is 3. The summed E-state index contributed by atoms with van der Waals surface area (Å²) in [5.74, 6) is 1.57. The number of amides is 1. The molecule has 8 nitrogen and oxygen atoms in total. The smallest absolute Gasteiger partial charge is 0.271 e. The van der Waals surface area contributed by atoms with Gasteiger partial charge >= 0.3 is 0 Å². The number of hydrogen-bond acceptors (Lipinski definition) is 7. The van der Waals surface area contributed by atoms with E-state index in [2.05, 4.69) is 36.5 Å². The van der Waals surface area contributed by atoms with E-state index in [1.54, 1.807) is 26.4 Å². The van der Waals surface area contributed by atoms with Crippen molar-refractivity contribution in [3.63, 3.8) is 0 Å². The Morgan fingerprint density at radius 1 is 0.943 bits per heavy atom. The molecule has 3 rings (SSSR count). The Balaban J connectivity index is 1.72. The predicted molar refractivity (Wildman–Crippen MR) is 134 cm³/mol. The van der Waals surface area contributed by atoms with Gasteiger partial charge in [-0.3, -0.25) is 4.79 Å². The van der Waals surface area contributed by atoms with E-state index in [1.807, 2.05) is 12.1 Å². The molecule has 1 amide bonds. The summed E-state index contributed by atoms with van der Waals surface area (Å²) in [5.41, 5.74) is 5.66. The standard InChI is InChI=1S/C27H30N2O6/c1-17(2)20-8-6-18(7-9-20)16-35-26-24(33-4)12-19(13-25(26)34-5)15-28-29-27(31)21-10-11-22(30)23(14-21)32-3/h6-15,17,30H,16H2,1-5H3,(H,29,31)/b28-15+. The van der Waals surface area contributed by atoms with Gasteiger partial charge in [0.1, 0.15) is 6.61 Å². The second-order valence-corrected chi connectivity index (χ2v) is 8.03. The van der Waals surface area contributed by atoms with Crippen molar-refractivity contribution >= 4 is 12.1 Å². The van der Waals surface area contributed by atoms with Crippen molar-refractivity contribution in [1.82, 2.24) is 5.43 Å². The quantitative estimate of drug-likeness (QED) is 0.318. The van der Waals surface area contributed by atoms with Gasteiger partial charge in [0, 0.05) is 11.1 Å². The Bertz CT molecular complexity index is 1160. The van der Waals surface area contributed by atoms with E-state index in [-0.39, 0.29) is 17.1 Å². The molecule has 0 spiro atoms. The topological polar surface area (TPSA) is 98.6 Å². The third-order valence-electron chi connectivity index (χ3n) is 5.33. The number of aromatic hydroxyl groups is 1. The van der Waals surface area contributed by atoms with Gasteiger partial charge in [-0.05, 0) is 47.4 Å². The van der Waals surface area contributed by atoms with Gasteiger partial charge in [0.05, 0.1) is 27.5 Å². The number of carbonyl (C=O) groups is 1. The summed E-state index contributed by atoms with van der Waals surface area (Å²) in [6.07, 6.45) is 1.47. The fraction of sp³-hybridized carbons (Fsp3) is 0.259. The maximum atomic E-state index is 12.4. The van der Waals surface area contributed by atoms with E-state index in [0.717, 1.165) is 5.56 Å². The van der Waals surface area contributed by atoms with Crippen LogP contribution in [0, 0.1) is 0 Å². The molecule has 0 bridgehead atoms. The minimum absolute atomic E-state index is 0.0541. The Labute approximate surface area is 205 Å². The van der Waals surface area contributed by atoms with Gasteiger partial charge in [0.15, 0.2) is 23.0 Å². The molecule has 0 saturated heterocycles. The Kier molecular flexibility index (Phi) is 8.56. The zero-order chi connectivity index (χ0) is 25.4. The number of hydrogen-bond donors (Lipinski definition) is 2. The molecule has 3 aromatic rings. The van der Waals surface area contributed by atoms with Crippen LogP contribution >= 0.6 is 0 Å². The molecule has 0 aliphatic rings. The fourth-order valence-corrected chi connectivity index (χ4v) is 3.32. The van der Waals surface area contributed by atoms with Crippen LogP contribution in [0.1, 0.15) is 46.8 Å². The monoisotopic (exact) mass is 478 g/mol. The third-order valence-corrected chi connectivity index (χ3v) is 5.33. The number of ether oxygens (including phenoxy) is 4. The van der Waals surface area contributed by atoms with E-state index in [0.29, 0.717) is 35.3 Å². The number of methoxy groups -OCH3 is 3. The molecule has 0 aromatic heterocycles. The van der Waals surface area contributed by atoms with E-state index in [9.17, 15) is 9.90 Å². The van der Waals surface area contributed by atoms with Gasteiger partial charge in [-0.15, -0.1) is 0 Å². The van der Waals surface area contributed by atoms with E-state index >= 15 is 0 Å². The fourth-order valence-electron chi connectivity index (χ4n) is 3.32. The van der Waals surface area contributed by atoms with Crippen molar-refractivity contribution in [2.24, 2.45) is 5.10 Å². The molecule has 8 heteroatoms. The van der Waals surface area contributed by atoms with Gasteiger partial charge in [0.2, 0.25) is 5.75 Å². The molecule has 0 heterocycles. The van der Waals surface area contributed by atoms with Crippen LogP contribution in [-0.2, 0) is 6.61 Å². The average Bonchev–Trinajstić information content (AvgIpc) is 2.87. The van der Waals surface area contributed by atoms with Crippen molar-refractivity contribution in [3.8, 4) is 28.7 Å². The van der Waals surface area contributed by atoms with Gasteiger partial charge in [-0.1, -0.05) is 38.1 Å². The molecule has 0 aliphatic heterocycles. The summed E-state index contributed by atoms with van der Waals surface area (Å²) < 4.78 is 22.1. The molecule has 0 fully saturated rings. The van der Waals surface area contributed by atoms with Crippen LogP contribution in [0.15, 0.2) is 59.7 Å². The first-order valence-corrected chi connectivity index (χ1v) is 11.0. The first-order chi connectivity index (χ1) is 16.9. The lowest BCUT2D eigenvalue weighted by Crippen LogP contribution is -2.17. The number of rotatable bonds is 10. The largest absolute Gasteiger partial charge is 0.504 e. The molecule has 0 atom stereocenters. The third kappa shape index (κ3) is 6.44. The number of carbonyl (C=O) groups excluding carboxylic acids is 1. The van der Waals surface area contributed by atoms with E-state index in [4.69, 9.17) is 18.9 Å². The Morgan fingerprint density at radius 3 is 2.14 bits per heavy atom. The minimum Gasteiger partial charge on any atom is -0.504 e. The molecule has 0 unspecified atom stereocenters. The molecule has 0 aliphatic carbocycles. The lowest BCUT2D eigenvalue weighted by molar-refractivity contribution is 0.0954. The summed E-state index contributed by atoms with van der Waals surface area (Å²) in [7, 11) is 4.49. The van der Waals surface area contributed by atoms with Crippen LogP contribution in [-0.4, -0.2) is 38.6 Å². The summed E-state index contributed by atoms with van der Waals surface area (Å²) in [5, 5.41) is 13.7. The SMILES string of the molecule is COc1cc(C(=O)N/N=C/c2cc(OC)c(OCc3ccc(C(C)C)cc3)c(OC)c2)ccc1O. The highest BCUT2D eigenvalue weighted by Crippen LogP contribution is 2.38. The summed E-state index contributed by atoms with van der Waals surface area (Å²) in [4.78, 5) is 12.4. The minimum atomic E-state index is -0.457. The van der Waals surface area contributed by atoms with Gasteiger partial charge in [-0.2, -0.15) is 5.10 Å². The summed E-state index contributed by atoms with van der Waals surface area (Å²) in [6, 6.07) is 16.0. The normalized spacial score (nSPS) is 10.9. The number of phenolic OH excluding ortho intramolecular Hbond substituents is 1. The Morgan fingerprint density at radius 2 is 1.57 bits per heavy atom. The lowest BCUT2D eigenvalue weighted by Gasteiger charge is -2.15. The van der Waals surface area contributed by atoms with Crippen molar-refractivity contribution in [1.29, 1.82) is 0 Å². The molecule has 0 saturated carbocycles. The number of nitrogens with zero attached hydrogens (tertiary/aromatic N) is 1. The number of nitrogens with one attached hydrogen (secondary N) is 1. The molecule has 3 aromatic carbocycles. The number of hydrazone groups is 1. The zero-order valence-corrected chi connectivity index (χ0v) is 20.5. The van der Waals surface area contributed by atoms with Gasteiger partial charge in [0.25, 0.3) is 5.91 Å². The van der Waals surface area contributed by atoms with Crippen LogP contribution in [0.25, 0.3) is 0 Å². The van der Waals surface area contributed by atoms with Gasteiger partial charge in [-0.25, -0.2) is 5.43 Å². The van der Waals surface area contributed by atoms with Crippen LogP contribution in [0.4, 0.5) is 0 Å². The summed E-state index contributed by atoms with van der Waals surface area (Å²) in [6.45, 7) is 4.66. The molecule has 184 valence electrons. The van der Waals surface area contributed by atoms with Crippen LogP contribution in [0.2, 0.25) is 0 Å². The molecular weight excluding hydrogens is 448 g/mol. The lowest BCUT2D eigenvalue weighted by atomic mass is 10.0. The average molecular weight is 479 g/mol. The number of phenols is 1. The van der Waals surface area contributed by atoms with E-state index < -0.39 is 5.91 Å². The van der Waals surface area contributed by atoms with Crippen LogP contribution in [0.5, 0.6) is 28.7 Å². The van der Waals surface area contributed by atoms with Crippen molar-refractivity contribution in [2.45, 2.75) is 26.4 Å². The molecule has 35 heavy (non-hydrogen) atoms. The van der Waals surface area contributed by atoms with Gasteiger partial charge < -0.3 is 24.1 Å². The first kappa shape index (κ1) is 25.4. The second kappa shape index (κ2) is 11.8. The molecular formula is C27H30N2O6. The highest BCUT2D eigenvalue weighted by molar-refractivity contribution is 5.95. The highest BCUT2D eigenvalue weighted by atomic mass is 16.5. The highest BCUT2D eigenvalue weighted by Gasteiger charge is 2.15. The summed E-state index contributed by atoms with van der Waals surface area (Å²) >= 11 is 0. The second-order valence-electron chi connectivity index (χ2n) is 8.03.